The van der Waals surface area contributed by atoms with Crippen LogP contribution in [0.1, 0.15) is 13.8 Å². The molecule has 0 amide bonds. The fourth-order valence-electron chi connectivity index (χ4n) is 1.13. The van der Waals surface area contributed by atoms with E-state index in [9.17, 15) is 0 Å². The van der Waals surface area contributed by atoms with Crippen molar-refractivity contribution < 1.29 is 0 Å². The summed E-state index contributed by atoms with van der Waals surface area (Å²) in [5.41, 5.74) is 0. The molecule has 1 atom stereocenters. The second kappa shape index (κ2) is 5.71. The molecule has 0 fully saturated rings. The SMILES string of the molecule is CC(C)C(CS)CSc1nccn1C. The highest BCUT2D eigenvalue weighted by atomic mass is 32.2. The molecular weight excluding hydrogens is 212 g/mol. The van der Waals surface area contributed by atoms with E-state index < -0.39 is 0 Å². The van der Waals surface area contributed by atoms with Crippen molar-refractivity contribution in [1.29, 1.82) is 0 Å². The van der Waals surface area contributed by atoms with Gasteiger partial charge in [0.05, 0.1) is 0 Å². The highest BCUT2D eigenvalue weighted by Crippen LogP contribution is 2.23. The summed E-state index contributed by atoms with van der Waals surface area (Å²) in [6.07, 6.45) is 3.82. The van der Waals surface area contributed by atoms with Crippen LogP contribution in [-0.2, 0) is 7.05 Å². The number of rotatable bonds is 5. The average Bonchev–Trinajstić information content (AvgIpc) is 2.52. The van der Waals surface area contributed by atoms with E-state index in [4.69, 9.17) is 0 Å². The lowest BCUT2D eigenvalue weighted by Gasteiger charge is -2.17. The molecule has 1 heterocycles. The summed E-state index contributed by atoms with van der Waals surface area (Å²) >= 11 is 6.19. The Kier molecular flexibility index (Phi) is 4.89. The molecule has 0 bridgehead atoms. The fraction of sp³-hybridized carbons (Fsp3) is 0.700. The van der Waals surface area contributed by atoms with Gasteiger partial charge in [-0.05, 0) is 17.6 Å². The predicted molar refractivity (Wildman–Crippen MR) is 66.1 cm³/mol. The normalized spacial score (nSPS) is 13.5. The van der Waals surface area contributed by atoms with Gasteiger partial charge in [-0.3, -0.25) is 0 Å². The molecule has 4 heteroatoms. The molecule has 1 unspecified atom stereocenters. The maximum atomic E-state index is 4.37. The first-order valence-corrected chi connectivity index (χ1v) is 6.48. The molecule has 0 aliphatic rings. The van der Waals surface area contributed by atoms with E-state index >= 15 is 0 Å². The Morgan fingerprint density at radius 3 is 2.71 bits per heavy atom. The number of aryl methyl sites for hydroxylation is 1. The van der Waals surface area contributed by atoms with Crippen LogP contribution in [0.4, 0.5) is 0 Å². The van der Waals surface area contributed by atoms with E-state index in [-0.39, 0.29) is 0 Å². The van der Waals surface area contributed by atoms with Crippen LogP contribution in [0.3, 0.4) is 0 Å². The first kappa shape index (κ1) is 12.0. The third kappa shape index (κ3) is 3.24. The van der Waals surface area contributed by atoms with E-state index in [0.717, 1.165) is 16.7 Å². The van der Waals surface area contributed by atoms with Gasteiger partial charge in [0.1, 0.15) is 0 Å². The van der Waals surface area contributed by atoms with Crippen molar-refractivity contribution >= 4 is 24.4 Å². The Morgan fingerprint density at radius 1 is 1.57 bits per heavy atom. The zero-order chi connectivity index (χ0) is 10.6. The molecule has 80 valence electrons. The van der Waals surface area contributed by atoms with Gasteiger partial charge < -0.3 is 4.57 Å². The van der Waals surface area contributed by atoms with E-state index in [0.29, 0.717) is 11.8 Å². The van der Waals surface area contributed by atoms with Crippen molar-refractivity contribution in [2.75, 3.05) is 11.5 Å². The van der Waals surface area contributed by atoms with Gasteiger partial charge in [-0.15, -0.1) is 0 Å². The first-order chi connectivity index (χ1) is 6.65. The highest BCUT2D eigenvalue weighted by molar-refractivity contribution is 7.99. The molecule has 0 aliphatic heterocycles. The molecular formula is C10H18N2S2. The van der Waals surface area contributed by atoms with Crippen molar-refractivity contribution in [2.24, 2.45) is 18.9 Å². The maximum absolute atomic E-state index is 4.37. The fourth-order valence-corrected chi connectivity index (χ4v) is 3.12. The highest BCUT2D eigenvalue weighted by Gasteiger charge is 2.12. The summed E-state index contributed by atoms with van der Waals surface area (Å²) < 4.78 is 2.06. The van der Waals surface area contributed by atoms with Crippen LogP contribution in [0.15, 0.2) is 17.6 Å². The zero-order valence-corrected chi connectivity index (χ0v) is 10.7. The molecule has 0 spiro atoms. The van der Waals surface area contributed by atoms with Crippen LogP contribution in [0, 0.1) is 11.8 Å². The summed E-state index contributed by atoms with van der Waals surface area (Å²) in [5.74, 6) is 3.42. The molecule has 0 aromatic carbocycles. The Hall–Kier alpha value is -0.0900. The number of thiol groups is 1. The van der Waals surface area contributed by atoms with Crippen LogP contribution in [0.5, 0.6) is 0 Å². The van der Waals surface area contributed by atoms with Crippen molar-refractivity contribution in [3.8, 4) is 0 Å². The van der Waals surface area contributed by atoms with Crippen LogP contribution in [0.2, 0.25) is 0 Å². The van der Waals surface area contributed by atoms with E-state index in [1.807, 2.05) is 31.2 Å². The van der Waals surface area contributed by atoms with Gasteiger partial charge in [0.15, 0.2) is 5.16 Å². The van der Waals surface area contributed by atoms with Gasteiger partial charge in [-0.25, -0.2) is 4.98 Å². The lowest BCUT2D eigenvalue weighted by atomic mass is 10.0. The molecule has 0 radical (unpaired) electrons. The summed E-state index contributed by atoms with van der Waals surface area (Å²) in [6, 6.07) is 0. The van der Waals surface area contributed by atoms with Gasteiger partial charge in [0.2, 0.25) is 0 Å². The lowest BCUT2D eigenvalue weighted by molar-refractivity contribution is 0.472. The molecule has 0 N–H and O–H groups in total. The van der Waals surface area contributed by atoms with Gasteiger partial charge >= 0.3 is 0 Å². The molecule has 14 heavy (non-hydrogen) atoms. The molecule has 2 nitrogen and oxygen atoms in total. The van der Waals surface area contributed by atoms with Crippen LogP contribution < -0.4 is 0 Å². The molecule has 1 rings (SSSR count). The first-order valence-electron chi connectivity index (χ1n) is 4.86. The Bertz CT molecular complexity index is 271. The third-order valence-electron chi connectivity index (χ3n) is 2.38. The number of imidazole rings is 1. The standard InChI is InChI=1S/C10H18N2S2/c1-8(2)9(6-13)7-14-10-11-4-5-12(10)3/h4-5,8-9,13H,6-7H2,1-3H3. The number of thioether (sulfide) groups is 1. The number of aromatic nitrogens is 2. The van der Waals surface area contributed by atoms with E-state index in [1.165, 1.54) is 0 Å². The summed E-state index contributed by atoms with van der Waals surface area (Å²) in [7, 11) is 2.03. The summed E-state index contributed by atoms with van der Waals surface area (Å²) in [4.78, 5) is 4.28. The topological polar surface area (TPSA) is 17.8 Å². The van der Waals surface area contributed by atoms with Gasteiger partial charge in [0, 0.05) is 25.2 Å². The third-order valence-corrected chi connectivity index (χ3v) is 4.10. The number of hydrogen-bond acceptors (Lipinski definition) is 3. The van der Waals surface area contributed by atoms with Crippen molar-refractivity contribution in [3.63, 3.8) is 0 Å². The Morgan fingerprint density at radius 2 is 2.29 bits per heavy atom. The predicted octanol–water partition coefficient (Wildman–Crippen LogP) is 2.71. The quantitative estimate of drug-likeness (QED) is 0.619. The van der Waals surface area contributed by atoms with Crippen LogP contribution in [0.25, 0.3) is 0 Å². The minimum absolute atomic E-state index is 0.667. The van der Waals surface area contributed by atoms with Gasteiger partial charge in [0.25, 0.3) is 0 Å². The Balaban J connectivity index is 2.43. The van der Waals surface area contributed by atoms with Crippen LogP contribution in [-0.4, -0.2) is 21.1 Å². The molecule has 0 saturated carbocycles. The minimum atomic E-state index is 0.667. The molecule has 1 aromatic rings. The monoisotopic (exact) mass is 230 g/mol. The molecule has 1 aromatic heterocycles. The van der Waals surface area contributed by atoms with Gasteiger partial charge in [-0.1, -0.05) is 25.6 Å². The van der Waals surface area contributed by atoms with Crippen molar-refractivity contribution in [3.05, 3.63) is 12.4 Å². The second-order valence-electron chi connectivity index (χ2n) is 3.82. The molecule has 0 saturated heterocycles. The smallest absolute Gasteiger partial charge is 0.167 e. The summed E-state index contributed by atoms with van der Waals surface area (Å²) in [6.45, 7) is 4.50. The largest absolute Gasteiger partial charge is 0.329 e. The zero-order valence-electron chi connectivity index (χ0n) is 8.97. The number of nitrogens with zero attached hydrogens (tertiary/aromatic N) is 2. The number of hydrogen-bond donors (Lipinski definition) is 1. The van der Waals surface area contributed by atoms with Crippen molar-refractivity contribution in [1.82, 2.24) is 9.55 Å². The Labute approximate surface area is 95.9 Å². The lowest BCUT2D eigenvalue weighted by Crippen LogP contribution is -2.13. The maximum Gasteiger partial charge on any atom is 0.167 e. The van der Waals surface area contributed by atoms with Gasteiger partial charge in [-0.2, -0.15) is 12.6 Å². The average molecular weight is 230 g/mol. The summed E-state index contributed by atoms with van der Waals surface area (Å²) in [5, 5.41) is 1.09. The second-order valence-corrected chi connectivity index (χ2v) is 5.17. The minimum Gasteiger partial charge on any atom is -0.329 e. The van der Waals surface area contributed by atoms with Crippen molar-refractivity contribution in [2.45, 2.75) is 19.0 Å². The van der Waals surface area contributed by atoms with Crippen LogP contribution >= 0.6 is 24.4 Å². The van der Waals surface area contributed by atoms with E-state index in [2.05, 4.69) is 36.0 Å². The molecule has 0 aliphatic carbocycles. The van der Waals surface area contributed by atoms with E-state index in [1.54, 1.807) is 0 Å².